The summed E-state index contributed by atoms with van der Waals surface area (Å²) < 4.78 is 1.60. The Kier molecular flexibility index (Phi) is 5.55. The SMILES string of the molecule is O=C(/C=C/[n+]1cccc(O)c1)c1ccc(Cl)cc1.[Cl-]. The van der Waals surface area contributed by atoms with E-state index in [1.807, 2.05) is 0 Å². The van der Waals surface area contributed by atoms with Crippen LogP contribution < -0.4 is 17.0 Å². The molecule has 19 heavy (non-hydrogen) atoms. The van der Waals surface area contributed by atoms with Gasteiger partial charge in [0.2, 0.25) is 6.20 Å². The molecule has 0 aliphatic rings. The Labute approximate surface area is 122 Å². The van der Waals surface area contributed by atoms with Gasteiger partial charge in [-0.05, 0) is 30.3 Å². The molecule has 2 aromatic rings. The van der Waals surface area contributed by atoms with Crippen molar-refractivity contribution in [2.45, 2.75) is 0 Å². The lowest BCUT2D eigenvalue weighted by atomic mass is 10.1. The third-order valence-electron chi connectivity index (χ3n) is 2.33. The number of rotatable bonds is 3. The second-order valence-corrected chi connectivity index (χ2v) is 4.13. The van der Waals surface area contributed by atoms with Crippen molar-refractivity contribution in [2.24, 2.45) is 0 Å². The molecular weight excluding hydrogens is 285 g/mol. The summed E-state index contributed by atoms with van der Waals surface area (Å²) in [5.74, 6) is 0.0172. The van der Waals surface area contributed by atoms with Crippen LogP contribution in [0.4, 0.5) is 0 Å². The number of hydrogen-bond donors (Lipinski definition) is 1. The normalized spacial score (nSPS) is 10.2. The van der Waals surface area contributed by atoms with Crippen molar-refractivity contribution in [1.82, 2.24) is 0 Å². The van der Waals surface area contributed by atoms with Crippen molar-refractivity contribution in [3.8, 4) is 5.75 Å². The highest BCUT2D eigenvalue weighted by atomic mass is 35.5. The van der Waals surface area contributed by atoms with E-state index in [2.05, 4.69) is 0 Å². The van der Waals surface area contributed by atoms with Gasteiger partial charge in [0.25, 0.3) is 0 Å². The predicted octanol–water partition coefficient (Wildman–Crippen LogP) is -0.309. The van der Waals surface area contributed by atoms with E-state index >= 15 is 0 Å². The fourth-order valence-electron chi connectivity index (χ4n) is 1.44. The first-order chi connectivity index (χ1) is 8.65. The van der Waals surface area contributed by atoms with Crippen molar-refractivity contribution in [1.29, 1.82) is 0 Å². The van der Waals surface area contributed by atoms with Crippen LogP contribution in [0.5, 0.6) is 5.75 Å². The first kappa shape index (κ1) is 15.2. The molecular formula is C14H11Cl2NO2. The average Bonchev–Trinajstić information content (AvgIpc) is 2.37. The van der Waals surface area contributed by atoms with E-state index < -0.39 is 0 Å². The van der Waals surface area contributed by atoms with Crippen molar-refractivity contribution < 1.29 is 26.9 Å². The van der Waals surface area contributed by atoms with Gasteiger partial charge < -0.3 is 17.5 Å². The maximum atomic E-state index is 11.8. The molecule has 0 saturated heterocycles. The third-order valence-corrected chi connectivity index (χ3v) is 2.59. The van der Waals surface area contributed by atoms with Gasteiger partial charge in [-0.25, -0.2) is 0 Å². The molecule has 3 nitrogen and oxygen atoms in total. The first-order valence-corrected chi connectivity index (χ1v) is 5.71. The van der Waals surface area contributed by atoms with Gasteiger partial charge >= 0.3 is 0 Å². The maximum absolute atomic E-state index is 11.8. The van der Waals surface area contributed by atoms with Gasteiger partial charge in [0.1, 0.15) is 0 Å². The number of allylic oxidation sites excluding steroid dienone is 1. The molecule has 0 fully saturated rings. The molecule has 0 radical (unpaired) electrons. The van der Waals surface area contributed by atoms with Crippen LogP contribution in [0, 0.1) is 0 Å². The molecule has 0 aliphatic heterocycles. The Balaban J connectivity index is 0.00000180. The Hall–Kier alpha value is -1.84. The molecule has 0 unspecified atom stereocenters. The summed E-state index contributed by atoms with van der Waals surface area (Å²) in [6.45, 7) is 0. The number of halogens is 2. The second kappa shape index (κ2) is 6.92. The topological polar surface area (TPSA) is 41.2 Å². The number of aromatic nitrogens is 1. The largest absolute Gasteiger partial charge is 1.00 e. The zero-order valence-electron chi connectivity index (χ0n) is 9.83. The fraction of sp³-hybridized carbons (Fsp3) is 0. The molecule has 5 heteroatoms. The van der Waals surface area contributed by atoms with Gasteiger partial charge in [-0.3, -0.25) is 4.79 Å². The minimum Gasteiger partial charge on any atom is -1.00 e. The highest BCUT2D eigenvalue weighted by Gasteiger charge is 2.03. The van der Waals surface area contributed by atoms with Crippen LogP contribution in [0.15, 0.2) is 54.9 Å². The summed E-state index contributed by atoms with van der Waals surface area (Å²) in [4.78, 5) is 11.8. The lowest BCUT2D eigenvalue weighted by Crippen LogP contribution is -3.00. The zero-order chi connectivity index (χ0) is 13.0. The molecule has 0 bridgehead atoms. The van der Waals surface area contributed by atoms with Gasteiger partial charge in [-0.15, -0.1) is 0 Å². The maximum Gasteiger partial charge on any atom is 0.216 e. The lowest BCUT2D eigenvalue weighted by Gasteiger charge is -1.94. The van der Waals surface area contributed by atoms with Crippen molar-refractivity contribution in [3.63, 3.8) is 0 Å². The third kappa shape index (κ3) is 4.39. The van der Waals surface area contributed by atoms with E-state index in [1.165, 1.54) is 12.3 Å². The van der Waals surface area contributed by atoms with Gasteiger partial charge in [-0.1, -0.05) is 11.6 Å². The summed E-state index contributed by atoms with van der Waals surface area (Å²) in [7, 11) is 0. The van der Waals surface area contributed by atoms with E-state index in [1.54, 1.807) is 53.4 Å². The Morgan fingerprint density at radius 3 is 2.53 bits per heavy atom. The highest BCUT2D eigenvalue weighted by Crippen LogP contribution is 2.10. The standard InChI is InChI=1S/C14H10ClNO2.ClH/c15-12-5-3-11(4-6-12)14(18)7-9-16-8-1-2-13(17)10-16;/h1-10H;1H/b9-7+;. The minimum atomic E-state index is -0.123. The van der Waals surface area contributed by atoms with Crippen LogP contribution in [0.1, 0.15) is 10.4 Å². The Morgan fingerprint density at radius 1 is 1.21 bits per heavy atom. The number of carbonyl (C=O) groups excluding carboxylic acids is 1. The molecule has 1 aromatic carbocycles. The first-order valence-electron chi connectivity index (χ1n) is 5.33. The molecule has 0 aliphatic carbocycles. The Morgan fingerprint density at radius 2 is 1.89 bits per heavy atom. The summed E-state index contributed by atoms with van der Waals surface area (Å²) in [6.07, 6.45) is 6.25. The highest BCUT2D eigenvalue weighted by molar-refractivity contribution is 6.30. The number of hydrogen-bond acceptors (Lipinski definition) is 2. The van der Waals surface area contributed by atoms with E-state index in [9.17, 15) is 9.90 Å². The van der Waals surface area contributed by atoms with E-state index in [-0.39, 0.29) is 23.9 Å². The number of ketones is 1. The zero-order valence-corrected chi connectivity index (χ0v) is 11.3. The van der Waals surface area contributed by atoms with E-state index in [0.717, 1.165) is 0 Å². The number of pyridine rings is 1. The van der Waals surface area contributed by atoms with E-state index in [4.69, 9.17) is 11.6 Å². The molecule has 0 atom stereocenters. The monoisotopic (exact) mass is 295 g/mol. The summed E-state index contributed by atoms with van der Waals surface area (Å²) in [5.41, 5.74) is 0.566. The lowest BCUT2D eigenvalue weighted by molar-refractivity contribution is -0.568. The molecule has 2 rings (SSSR count). The Bertz CT molecular complexity index is 595. The van der Waals surface area contributed by atoms with Gasteiger partial charge in [0.05, 0.1) is 6.08 Å². The predicted molar refractivity (Wildman–Crippen MR) is 69.4 cm³/mol. The second-order valence-electron chi connectivity index (χ2n) is 3.70. The molecule has 0 amide bonds. The number of aromatic hydroxyl groups is 1. The average molecular weight is 296 g/mol. The summed E-state index contributed by atoms with van der Waals surface area (Å²) in [6, 6.07) is 9.93. The quantitative estimate of drug-likeness (QED) is 0.480. The van der Waals surface area contributed by atoms with Gasteiger partial charge in [-0.2, -0.15) is 4.57 Å². The van der Waals surface area contributed by atoms with Crippen LogP contribution in [-0.2, 0) is 0 Å². The van der Waals surface area contributed by atoms with Crippen LogP contribution >= 0.6 is 11.6 Å². The molecule has 98 valence electrons. The summed E-state index contributed by atoms with van der Waals surface area (Å²) in [5, 5.41) is 9.87. The summed E-state index contributed by atoms with van der Waals surface area (Å²) >= 11 is 5.75. The van der Waals surface area contributed by atoms with Crippen molar-refractivity contribution in [2.75, 3.05) is 0 Å². The molecule has 0 spiro atoms. The van der Waals surface area contributed by atoms with Crippen LogP contribution in [0.2, 0.25) is 5.02 Å². The minimum absolute atomic E-state index is 0. The molecule has 0 saturated carbocycles. The number of carbonyl (C=O) groups is 1. The van der Waals surface area contributed by atoms with Gasteiger partial charge in [0, 0.05) is 16.7 Å². The van der Waals surface area contributed by atoms with Crippen molar-refractivity contribution in [3.05, 3.63) is 65.5 Å². The fourth-order valence-corrected chi connectivity index (χ4v) is 1.56. The van der Waals surface area contributed by atoms with Gasteiger partial charge in [0.15, 0.2) is 23.9 Å². The number of benzene rings is 1. The van der Waals surface area contributed by atoms with Crippen LogP contribution in [0.25, 0.3) is 6.20 Å². The van der Waals surface area contributed by atoms with Crippen LogP contribution in [-0.4, -0.2) is 10.9 Å². The molecule has 1 N–H and O–H groups in total. The number of nitrogens with zero attached hydrogens (tertiary/aromatic N) is 1. The molecule has 1 aromatic heterocycles. The van der Waals surface area contributed by atoms with Crippen LogP contribution in [0.3, 0.4) is 0 Å². The smallest absolute Gasteiger partial charge is 0.216 e. The molecule has 1 heterocycles. The van der Waals surface area contributed by atoms with E-state index in [0.29, 0.717) is 10.6 Å². The van der Waals surface area contributed by atoms with Crippen molar-refractivity contribution >= 4 is 23.6 Å².